The molecule has 2 N–H and O–H groups in total. The molecule has 2 rings (SSSR count). The zero-order valence-electron chi connectivity index (χ0n) is 19.5. The van der Waals surface area contributed by atoms with Gasteiger partial charge in [-0.25, -0.2) is 0 Å². The van der Waals surface area contributed by atoms with Gasteiger partial charge in [-0.05, 0) is 30.1 Å². The molecular formula is C23H42IN5O. The summed E-state index contributed by atoms with van der Waals surface area (Å²) in [5.41, 5.74) is 2.63. The van der Waals surface area contributed by atoms with Gasteiger partial charge in [0.15, 0.2) is 5.96 Å². The van der Waals surface area contributed by atoms with E-state index in [1.165, 1.54) is 11.1 Å². The number of morpholine rings is 1. The molecule has 1 unspecified atom stereocenters. The van der Waals surface area contributed by atoms with Gasteiger partial charge in [0.25, 0.3) is 0 Å². The smallest absolute Gasteiger partial charge is 0.191 e. The van der Waals surface area contributed by atoms with Gasteiger partial charge < -0.3 is 15.4 Å². The highest BCUT2D eigenvalue weighted by molar-refractivity contribution is 14.0. The number of aliphatic imine (C=N–C) groups is 1. The van der Waals surface area contributed by atoms with Crippen molar-refractivity contribution in [2.24, 2.45) is 10.9 Å². The summed E-state index contributed by atoms with van der Waals surface area (Å²) in [4.78, 5) is 9.36. The summed E-state index contributed by atoms with van der Waals surface area (Å²) >= 11 is 0. The van der Waals surface area contributed by atoms with Gasteiger partial charge in [-0.3, -0.25) is 14.8 Å². The monoisotopic (exact) mass is 531 g/mol. The second-order valence-electron chi connectivity index (χ2n) is 8.04. The molecule has 0 saturated carbocycles. The SMILES string of the molecule is CCN(CC)Cc1ccc(CNC(=NC)NCC(C(C)C)N2CCOCC2)cc1.I. The molecule has 1 aliphatic rings. The molecule has 1 saturated heterocycles. The molecule has 0 spiro atoms. The number of rotatable bonds is 10. The van der Waals surface area contributed by atoms with Crippen LogP contribution in [0.3, 0.4) is 0 Å². The summed E-state index contributed by atoms with van der Waals surface area (Å²) in [6.45, 7) is 17.5. The number of hydrogen-bond donors (Lipinski definition) is 2. The fourth-order valence-electron chi connectivity index (χ4n) is 3.77. The maximum atomic E-state index is 5.51. The molecule has 7 heteroatoms. The van der Waals surface area contributed by atoms with Gasteiger partial charge in [0, 0.05) is 45.8 Å². The number of nitrogens with zero attached hydrogens (tertiary/aromatic N) is 3. The van der Waals surface area contributed by atoms with Crippen LogP contribution >= 0.6 is 24.0 Å². The van der Waals surface area contributed by atoms with Crippen LogP contribution in [0, 0.1) is 5.92 Å². The molecule has 0 aliphatic carbocycles. The first kappa shape index (κ1) is 27.1. The third-order valence-corrected chi connectivity index (χ3v) is 5.77. The van der Waals surface area contributed by atoms with Crippen LogP contribution in [0.4, 0.5) is 0 Å². The van der Waals surface area contributed by atoms with Crippen LogP contribution in [-0.4, -0.2) is 74.8 Å². The number of nitrogens with one attached hydrogen (secondary N) is 2. The van der Waals surface area contributed by atoms with Crippen molar-refractivity contribution in [2.75, 3.05) is 53.0 Å². The largest absolute Gasteiger partial charge is 0.379 e. The number of ether oxygens (including phenoxy) is 1. The Morgan fingerprint density at radius 2 is 1.67 bits per heavy atom. The van der Waals surface area contributed by atoms with E-state index in [-0.39, 0.29) is 24.0 Å². The number of hydrogen-bond acceptors (Lipinski definition) is 4. The summed E-state index contributed by atoms with van der Waals surface area (Å²) in [6.07, 6.45) is 0. The van der Waals surface area contributed by atoms with Crippen molar-refractivity contribution in [3.05, 3.63) is 35.4 Å². The van der Waals surface area contributed by atoms with Crippen LogP contribution < -0.4 is 10.6 Å². The lowest BCUT2D eigenvalue weighted by atomic mass is 10.0. The van der Waals surface area contributed by atoms with Crippen molar-refractivity contribution < 1.29 is 4.74 Å². The second kappa shape index (κ2) is 15.0. The van der Waals surface area contributed by atoms with Gasteiger partial charge >= 0.3 is 0 Å². The predicted molar refractivity (Wildman–Crippen MR) is 138 cm³/mol. The van der Waals surface area contributed by atoms with Crippen molar-refractivity contribution in [1.29, 1.82) is 0 Å². The van der Waals surface area contributed by atoms with Crippen LogP contribution in [-0.2, 0) is 17.8 Å². The van der Waals surface area contributed by atoms with E-state index < -0.39 is 0 Å². The summed E-state index contributed by atoms with van der Waals surface area (Å²) in [5, 5.41) is 6.97. The van der Waals surface area contributed by atoms with Crippen molar-refractivity contribution in [3.8, 4) is 0 Å². The molecule has 1 aromatic carbocycles. The Balaban J connectivity index is 0.00000450. The van der Waals surface area contributed by atoms with Gasteiger partial charge in [0.05, 0.1) is 13.2 Å². The van der Waals surface area contributed by atoms with Gasteiger partial charge in [0.1, 0.15) is 0 Å². The molecular weight excluding hydrogens is 489 g/mol. The van der Waals surface area contributed by atoms with Gasteiger partial charge in [-0.2, -0.15) is 0 Å². The number of halogens is 1. The first-order valence-electron chi connectivity index (χ1n) is 11.1. The lowest BCUT2D eigenvalue weighted by molar-refractivity contribution is 0.00752. The van der Waals surface area contributed by atoms with Crippen LogP contribution in [0.2, 0.25) is 0 Å². The van der Waals surface area contributed by atoms with Crippen LogP contribution in [0.25, 0.3) is 0 Å². The molecule has 6 nitrogen and oxygen atoms in total. The predicted octanol–water partition coefficient (Wildman–Crippen LogP) is 3.17. The summed E-state index contributed by atoms with van der Waals surface area (Å²) in [7, 11) is 1.83. The summed E-state index contributed by atoms with van der Waals surface area (Å²) < 4.78 is 5.51. The molecule has 172 valence electrons. The van der Waals surface area contributed by atoms with E-state index in [2.05, 4.69) is 77.4 Å². The second-order valence-corrected chi connectivity index (χ2v) is 8.04. The maximum absolute atomic E-state index is 5.51. The van der Waals surface area contributed by atoms with Crippen LogP contribution in [0.15, 0.2) is 29.3 Å². The summed E-state index contributed by atoms with van der Waals surface area (Å²) in [5.74, 6) is 1.44. The quantitative estimate of drug-likeness (QED) is 0.276. The average Bonchev–Trinajstić information content (AvgIpc) is 2.75. The van der Waals surface area contributed by atoms with E-state index in [0.29, 0.717) is 12.0 Å². The molecule has 30 heavy (non-hydrogen) atoms. The number of benzene rings is 1. The minimum atomic E-state index is 0. The Morgan fingerprint density at radius 1 is 1.07 bits per heavy atom. The first-order valence-corrected chi connectivity index (χ1v) is 11.1. The van der Waals surface area contributed by atoms with Crippen molar-refractivity contribution in [2.45, 2.75) is 46.8 Å². The lowest BCUT2D eigenvalue weighted by Crippen LogP contribution is -2.52. The normalized spacial score (nSPS) is 16.4. The van der Waals surface area contributed by atoms with E-state index in [9.17, 15) is 0 Å². The Kier molecular flexibility index (Phi) is 13.6. The molecule has 1 aliphatic heterocycles. The molecule has 0 amide bonds. The Bertz CT molecular complexity index is 598. The van der Waals surface area contributed by atoms with Gasteiger partial charge in [0.2, 0.25) is 0 Å². The Morgan fingerprint density at radius 3 is 2.20 bits per heavy atom. The van der Waals surface area contributed by atoms with E-state index >= 15 is 0 Å². The molecule has 1 fully saturated rings. The van der Waals surface area contributed by atoms with E-state index in [1.807, 2.05) is 7.05 Å². The summed E-state index contributed by atoms with van der Waals surface area (Å²) in [6, 6.07) is 9.38. The van der Waals surface area contributed by atoms with E-state index in [1.54, 1.807) is 0 Å². The minimum absolute atomic E-state index is 0. The molecule has 0 aromatic heterocycles. The third-order valence-electron chi connectivity index (χ3n) is 5.77. The molecule has 0 radical (unpaired) electrons. The molecule has 1 atom stereocenters. The topological polar surface area (TPSA) is 52.1 Å². The highest BCUT2D eigenvalue weighted by Gasteiger charge is 2.23. The molecule has 0 bridgehead atoms. The molecule has 1 heterocycles. The third kappa shape index (κ3) is 9.08. The van der Waals surface area contributed by atoms with Crippen LogP contribution in [0.5, 0.6) is 0 Å². The molecule has 1 aromatic rings. The van der Waals surface area contributed by atoms with Crippen molar-refractivity contribution in [1.82, 2.24) is 20.4 Å². The van der Waals surface area contributed by atoms with Crippen molar-refractivity contribution >= 4 is 29.9 Å². The number of guanidine groups is 1. The minimum Gasteiger partial charge on any atom is -0.379 e. The zero-order valence-corrected chi connectivity index (χ0v) is 21.8. The van der Waals surface area contributed by atoms with E-state index in [4.69, 9.17) is 4.74 Å². The van der Waals surface area contributed by atoms with Crippen LogP contribution in [0.1, 0.15) is 38.8 Å². The van der Waals surface area contributed by atoms with Crippen molar-refractivity contribution in [3.63, 3.8) is 0 Å². The zero-order chi connectivity index (χ0) is 21.1. The average molecular weight is 532 g/mol. The van der Waals surface area contributed by atoms with E-state index in [0.717, 1.165) is 65.0 Å². The lowest BCUT2D eigenvalue weighted by Gasteiger charge is -2.37. The highest BCUT2D eigenvalue weighted by Crippen LogP contribution is 2.12. The standard InChI is InChI=1S/C23H41N5O.HI/c1-6-27(7-2)18-21-10-8-20(9-11-21)16-25-23(24-5)26-17-22(19(3)4)28-12-14-29-15-13-28;/h8-11,19,22H,6-7,12-18H2,1-5H3,(H2,24,25,26);1H. The van der Waals surface area contributed by atoms with Gasteiger partial charge in [-0.1, -0.05) is 52.0 Å². The highest BCUT2D eigenvalue weighted by atomic mass is 127. The maximum Gasteiger partial charge on any atom is 0.191 e. The Hall–Kier alpha value is -0.900. The fourth-order valence-corrected chi connectivity index (χ4v) is 3.77. The Labute approximate surface area is 200 Å². The fraction of sp³-hybridized carbons (Fsp3) is 0.696. The first-order chi connectivity index (χ1) is 14.1. The van der Waals surface area contributed by atoms with Gasteiger partial charge in [-0.15, -0.1) is 24.0 Å².